The minimum atomic E-state index is 0.215. The summed E-state index contributed by atoms with van der Waals surface area (Å²) >= 11 is 1.76. The van der Waals surface area contributed by atoms with Crippen LogP contribution in [0.1, 0.15) is 36.1 Å². The first-order valence-electron chi connectivity index (χ1n) is 7.45. The average molecular weight is 303 g/mol. The van der Waals surface area contributed by atoms with Crippen LogP contribution >= 0.6 is 11.3 Å². The van der Waals surface area contributed by atoms with E-state index in [0.717, 1.165) is 24.5 Å². The lowest BCUT2D eigenvalue weighted by Gasteiger charge is -2.23. The molecular weight excluding hydrogens is 282 g/mol. The molecule has 112 valence electrons. The second kappa shape index (κ2) is 6.50. The highest BCUT2D eigenvalue weighted by atomic mass is 32.1. The van der Waals surface area contributed by atoms with E-state index in [-0.39, 0.29) is 6.04 Å². The zero-order valence-electron chi connectivity index (χ0n) is 12.5. The minimum Gasteiger partial charge on any atom is -0.486 e. The molecule has 1 N–H and O–H groups in total. The Morgan fingerprint density at radius 1 is 1.19 bits per heavy atom. The number of ether oxygens (including phenoxy) is 2. The summed E-state index contributed by atoms with van der Waals surface area (Å²) in [6, 6.07) is 6.48. The molecule has 0 fully saturated rings. The van der Waals surface area contributed by atoms with Crippen LogP contribution in [0.15, 0.2) is 29.0 Å². The van der Waals surface area contributed by atoms with Crippen LogP contribution < -0.4 is 14.8 Å². The molecule has 1 unspecified atom stereocenters. The molecule has 0 saturated heterocycles. The Bertz CT molecular complexity index is 609. The van der Waals surface area contributed by atoms with Crippen molar-refractivity contribution < 1.29 is 9.47 Å². The zero-order valence-corrected chi connectivity index (χ0v) is 13.3. The topological polar surface area (TPSA) is 30.5 Å². The molecule has 0 spiro atoms. The van der Waals surface area contributed by atoms with Gasteiger partial charge in [-0.2, -0.15) is 11.3 Å². The highest BCUT2D eigenvalue weighted by molar-refractivity contribution is 7.08. The van der Waals surface area contributed by atoms with E-state index in [1.165, 1.54) is 16.7 Å². The van der Waals surface area contributed by atoms with Crippen molar-refractivity contribution in [3.05, 3.63) is 45.6 Å². The predicted octanol–water partition coefficient (Wildman–Crippen LogP) is 3.92. The van der Waals surface area contributed by atoms with Gasteiger partial charge in [-0.05, 0) is 59.5 Å². The van der Waals surface area contributed by atoms with Crippen molar-refractivity contribution in [3.8, 4) is 11.5 Å². The van der Waals surface area contributed by atoms with Gasteiger partial charge < -0.3 is 14.8 Å². The zero-order chi connectivity index (χ0) is 14.7. The molecule has 1 aromatic carbocycles. The minimum absolute atomic E-state index is 0.215. The Hall–Kier alpha value is -1.52. The number of hydrogen-bond donors (Lipinski definition) is 1. The van der Waals surface area contributed by atoms with Gasteiger partial charge in [0.1, 0.15) is 13.2 Å². The standard InChI is InChI=1S/C17H21NO2S/c1-3-6-18-17(14-11-21-10-12(14)2)13-4-5-15-16(9-13)20-8-7-19-15/h4-5,9-11,17-18H,3,6-8H2,1-2H3. The van der Waals surface area contributed by atoms with E-state index in [0.29, 0.717) is 13.2 Å². The highest BCUT2D eigenvalue weighted by Gasteiger charge is 2.19. The van der Waals surface area contributed by atoms with E-state index in [2.05, 4.69) is 42.1 Å². The number of fused-ring (bicyclic) bond motifs is 1. The molecule has 2 aromatic rings. The molecule has 0 bridgehead atoms. The quantitative estimate of drug-likeness (QED) is 0.908. The number of thiophene rings is 1. The van der Waals surface area contributed by atoms with Crippen molar-refractivity contribution in [1.29, 1.82) is 0 Å². The fourth-order valence-electron chi connectivity index (χ4n) is 2.60. The molecule has 1 aliphatic rings. The van der Waals surface area contributed by atoms with Gasteiger partial charge in [0.15, 0.2) is 11.5 Å². The van der Waals surface area contributed by atoms with Gasteiger partial charge in [0.25, 0.3) is 0 Å². The lowest BCUT2D eigenvalue weighted by Crippen LogP contribution is -2.24. The third-order valence-corrected chi connectivity index (χ3v) is 4.58. The second-order valence-corrected chi connectivity index (χ2v) is 6.04. The molecule has 0 amide bonds. The molecular formula is C17H21NO2S. The van der Waals surface area contributed by atoms with Crippen LogP contribution in [0.2, 0.25) is 0 Å². The first-order chi connectivity index (χ1) is 10.3. The summed E-state index contributed by atoms with van der Waals surface area (Å²) in [7, 11) is 0. The SMILES string of the molecule is CCCNC(c1ccc2c(c1)OCCO2)c1cscc1C. The Kier molecular flexibility index (Phi) is 4.46. The molecule has 3 rings (SSSR count). The lowest BCUT2D eigenvalue weighted by molar-refractivity contribution is 0.171. The number of rotatable bonds is 5. The fourth-order valence-corrected chi connectivity index (χ4v) is 3.48. The number of hydrogen-bond acceptors (Lipinski definition) is 4. The Labute approximate surface area is 129 Å². The van der Waals surface area contributed by atoms with Crippen LogP contribution in [0.5, 0.6) is 11.5 Å². The van der Waals surface area contributed by atoms with Crippen molar-refractivity contribution in [1.82, 2.24) is 5.32 Å². The first kappa shape index (κ1) is 14.4. The smallest absolute Gasteiger partial charge is 0.161 e. The van der Waals surface area contributed by atoms with Crippen molar-refractivity contribution in [2.24, 2.45) is 0 Å². The molecule has 0 radical (unpaired) electrons. The molecule has 2 heterocycles. The summed E-state index contributed by atoms with van der Waals surface area (Å²) in [6.07, 6.45) is 1.12. The van der Waals surface area contributed by atoms with E-state index < -0.39 is 0 Å². The van der Waals surface area contributed by atoms with E-state index in [4.69, 9.17) is 9.47 Å². The molecule has 0 aliphatic carbocycles. The molecule has 1 aromatic heterocycles. The normalized spacial score (nSPS) is 15.0. The summed E-state index contributed by atoms with van der Waals surface area (Å²) < 4.78 is 11.3. The van der Waals surface area contributed by atoms with Gasteiger partial charge in [-0.15, -0.1) is 0 Å². The van der Waals surface area contributed by atoms with E-state index >= 15 is 0 Å². The first-order valence-corrected chi connectivity index (χ1v) is 8.39. The molecule has 1 aliphatic heterocycles. The molecule has 1 atom stereocenters. The summed E-state index contributed by atoms with van der Waals surface area (Å²) in [5, 5.41) is 8.08. The van der Waals surface area contributed by atoms with Crippen molar-refractivity contribution in [2.75, 3.05) is 19.8 Å². The van der Waals surface area contributed by atoms with E-state index in [9.17, 15) is 0 Å². The molecule has 0 saturated carbocycles. The summed E-state index contributed by atoms with van der Waals surface area (Å²) in [6.45, 7) is 6.61. The maximum atomic E-state index is 5.72. The Morgan fingerprint density at radius 2 is 2.00 bits per heavy atom. The maximum Gasteiger partial charge on any atom is 0.161 e. The summed E-state index contributed by atoms with van der Waals surface area (Å²) in [5.74, 6) is 1.70. The predicted molar refractivity (Wildman–Crippen MR) is 86.6 cm³/mol. The van der Waals surface area contributed by atoms with Gasteiger partial charge in [-0.25, -0.2) is 0 Å². The van der Waals surface area contributed by atoms with Crippen LogP contribution in [-0.4, -0.2) is 19.8 Å². The average Bonchev–Trinajstić information content (AvgIpc) is 2.94. The van der Waals surface area contributed by atoms with Crippen molar-refractivity contribution in [2.45, 2.75) is 26.3 Å². The van der Waals surface area contributed by atoms with Crippen LogP contribution in [-0.2, 0) is 0 Å². The number of aryl methyl sites for hydroxylation is 1. The van der Waals surface area contributed by atoms with Crippen LogP contribution in [0, 0.1) is 6.92 Å². The molecule has 21 heavy (non-hydrogen) atoms. The number of nitrogens with one attached hydrogen (secondary N) is 1. The van der Waals surface area contributed by atoms with Crippen LogP contribution in [0.3, 0.4) is 0 Å². The van der Waals surface area contributed by atoms with E-state index in [1.54, 1.807) is 11.3 Å². The van der Waals surface area contributed by atoms with Gasteiger partial charge in [0, 0.05) is 0 Å². The van der Waals surface area contributed by atoms with Gasteiger partial charge in [-0.1, -0.05) is 13.0 Å². The van der Waals surface area contributed by atoms with Gasteiger partial charge in [0.2, 0.25) is 0 Å². The van der Waals surface area contributed by atoms with E-state index in [1.807, 2.05) is 6.07 Å². The van der Waals surface area contributed by atoms with Gasteiger partial charge >= 0.3 is 0 Å². The van der Waals surface area contributed by atoms with Crippen molar-refractivity contribution >= 4 is 11.3 Å². The molecule has 3 nitrogen and oxygen atoms in total. The van der Waals surface area contributed by atoms with Crippen LogP contribution in [0.25, 0.3) is 0 Å². The third kappa shape index (κ3) is 3.06. The molecule has 4 heteroatoms. The monoisotopic (exact) mass is 303 g/mol. The van der Waals surface area contributed by atoms with Crippen molar-refractivity contribution in [3.63, 3.8) is 0 Å². The highest BCUT2D eigenvalue weighted by Crippen LogP contribution is 2.35. The third-order valence-electron chi connectivity index (χ3n) is 3.70. The Morgan fingerprint density at radius 3 is 2.71 bits per heavy atom. The van der Waals surface area contributed by atoms with Crippen LogP contribution in [0.4, 0.5) is 0 Å². The second-order valence-electron chi connectivity index (χ2n) is 5.30. The fraction of sp³-hybridized carbons (Fsp3) is 0.412. The number of benzene rings is 1. The maximum absolute atomic E-state index is 5.72. The van der Waals surface area contributed by atoms with Gasteiger partial charge in [-0.3, -0.25) is 0 Å². The summed E-state index contributed by atoms with van der Waals surface area (Å²) in [5.41, 5.74) is 3.92. The Balaban J connectivity index is 1.94. The summed E-state index contributed by atoms with van der Waals surface area (Å²) in [4.78, 5) is 0. The van der Waals surface area contributed by atoms with Gasteiger partial charge in [0.05, 0.1) is 6.04 Å². The lowest BCUT2D eigenvalue weighted by atomic mass is 9.97. The largest absolute Gasteiger partial charge is 0.486 e.